The van der Waals surface area contributed by atoms with E-state index in [2.05, 4.69) is 5.92 Å². The molecule has 0 atom stereocenters. The number of aryl methyl sites for hydroxylation is 1. The lowest BCUT2D eigenvalue weighted by molar-refractivity contribution is -0.00810. The first kappa shape index (κ1) is 12.1. The predicted octanol–water partition coefficient (Wildman–Crippen LogP) is 0.364. The molecular weight excluding hydrogens is 238 g/mol. The maximum absolute atomic E-state index is 12.1. The molecular formula is C12H13NO3S. The molecule has 1 aliphatic heterocycles. The highest BCUT2D eigenvalue weighted by Gasteiger charge is 2.46. The van der Waals surface area contributed by atoms with Crippen molar-refractivity contribution in [2.75, 3.05) is 13.1 Å². The normalized spacial score (nSPS) is 19.4. The summed E-state index contributed by atoms with van der Waals surface area (Å²) in [6.07, 6.45) is 5.11. The molecule has 90 valence electrons. The molecule has 0 amide bonds. The highest BCUT2D eigenvalue weighted by Crippen LogP contribution is 2.27. The van der Waals surface area contributed by atoms with Gasteiger partial charge in [-0.1, -0.05) is 23.6 Å². The van der Waals surface area contributed by atoms with Crippen LogP contribution in [0.3, 0.4) is 0 Å². The molecule has 0 radical (unpaired) electrons. The minimum absolute atomic E-state index is 0.0420. The first-order valence-corrected chi connectivity index (χ1v) is 6.58. The summed E-state index contributed by atoms with van der Waals surface area (Å²) < 4.78 is 25.3. The van der Waals surface area contributed by atoms with Gasteiger partial charge in [-0.3, -0.25) is 0 Å². The van der Waals surface area contributed by atoms with Crippen LogP contribution in [0.1, 0.15) is 5.56 Å². The highest BCUT2D eigenvalue weighted by molar-refractivity contribution is 7.89. The Hall–Kier alpha value is -1.35. The molecule has 17 heavy (non-hydrogen) atoms. The number of benzene rings is 1. The Morgan fingerprint density at radius 3 is 2.35 bits per heavy atom. The summed E-state index contributed by atoms with van der Waals surface area (Å²) in [6.45, 7) is 1.80. The summed E-state index contributed by atoms with van der Waals surface area (Å²) in [5, 5.41) is 9.60. The van der Waals surface area contributed by atoms with Crippen molar-refractivity contribution in [2.24, 2.45) is 0 Å². The van der Waals surface area contributed by atoms with Crippen LogP contribution < -0.4 is 0 Å². The fourth-order valence-electron chi connectivity index (χ4n) is 1.66. The molecule has 1 fully saturated rings. The fraction of sp³-hybridized carbons (Fsp3) is 0.333. The average Bonchev–Trinajstić information content (AvgIpc) is 2.25. The summed E-state index contributed by atoms with van der Waals surface area (Å²) in [6, 6.07) is 6.58. The van der Waals surface area contributed by atoms with Gasteiger partial charge >= 0.3 is 0 Å². The number of rotatable bonds is 2. The Bertz CT molecular complexity index is 563. The zero-order valence-corrected chi connectivity index (χ0v) is 10.2. The molecule has 4 nitrogen and oxygen atoms in total. The minimum Gasteiger partial charge on any atom is -0.375 e. The van der Waals surface area contributed by atoms with Gasteiger partial charge in [-0.25, -0.2) is 8.42 Å². The van der Waals surface area contributed by atoms with Crippen LogP contribution in [0.5, 0.6) is 0 Å². The lowest BCUT2D eigenvalue weighted by Gasteiger charge is -2.41. The van der Waals surface area contributed by atoms with Gasteiger partial charge in [0.1, 0.15) is 0 Å². The lowest BCUT2D eigenvalue weighted by atomic mass is 9.99. The van der Waals surface area contributed by atoms with Gasteiger partial charge in [0.2, 0.25) is 10.0 Å². The Labute approximate surface area is 101 Å². The second-order valence-corrected chi connectivity index (χ2v) is 6.20. The molecule has 0 bridgehead atoms. The molecule has 1 aromatic carbocycles. The Balaban J connectivity index is 2.23. The Morgan fingerprint density at radius 2 is 1.88 bits per heavy atom. The highest BCUT2D eigenvalue weighted by atomic mass is 32.2. The second kappa shape index (κ2) is 3.84. The summed E-state index contributed by atoms with van der Waals surface area (Å²) in [7, 11) is -3.52. The van der Waals surface area contributed by atoms with E-state index in [1.165, 1.54) is 4.31 Å². The third-order valence-electron chi connectivity index (χ3n) is 2.80. The van der Waals surface area contributed by atoms with Crippen molar-refractivity contribution < 1.29 is 13.5 Å². The zero-order chi connectivity index (χ0) is 12.7. The molecule has 1 saturated heterocycles. The molecule has 0 spiro atoms. The van der Waals surface area contributed by atoms with E-state index in [0.717, 1.165) is 5.56 Å². The summed E-state index contributed by atoms with van der Waals surface area (Å²) >= 11 is 0. The maximum atomic E-state index is 12.1. The topological polar surface area (TPSA) is 57.6 Å². The van der Waals surface area contributed by atoms with Gasteiger partial charge < -0.3 is 5.11 Å². The van der Waals surface area contributed by atoms with Gasteiger partial charge in [-0.2, -0.15) is 4.31 Å². The standard InChI is InChI=1S/C12H13NO3S/c1-3-12(14)8-13(9-12)17(15,16)11-6-4-10(2)5-7-11/h1,4-7,14H,8-9H2,2H3. The van der Waals surface area contributed by atoms with E-state index in [1.807, 2.05) is 6.92 Å². The third-order valence-corrected chi connectivity index (χ3v) is 4.61. The van der Waals surface area contributed by atoms with Crippen LogP contribution in [0.2, 0.25) is 0 Å². The van der Waals surface area contributed by atoms with E-state index in [4.69, 9.17) is 6.42 Å². The van der Waals surface area contributed by atoms with E-state index in [9.17, 15) is 13.5 Å². The number of nitrogens with zero attached hydrogens (tertiary/aromatic N) is 1. The van der Waals surface area contributed by atoms with Crippen molar-refractivity contribution in [3.05, 3.63) is 29.8 Å². The molecule has 0 aromatic heterocycles. The van der Waals surface area contributed by atoms with Gasteiger partial charge in [-0.05, 0) is 19.1 Å². The van der Waals surface area contributed by atoms with Crippen molar-refractivity contribution >= 4 is 10.0 Å². The summed E-state index contributed by atoms with van der Waals surface area (Å²) in [5.74, 6) is 2.19. The molecule has 2 rings (SSSR count). The van der Waals surface area contributed by atoms with Crippen LogP contribution in [-0.2, 0) is 10.0 Å². The van der Waals surface area contributed by atoms with Crippen LogP contribution >= 0.6 is 0 Å². The summed E-state index contributed by atoms with van der Waals surface area (Å²) in [5.41, 5.74) is -0.315. The van der Waals surface area contributed by atoms with Crippen molar-refractivity contribution in [3.8, 4) is 12.3 Å². The van der Waals surface area contributed by atoms with Crippen LogP contribution in [-0.4, -0.2) is 36.5 Å². The van der Waals surface area contributed by atoms with Crippen LogP contribution in [0.15, 0.2) is 29.2 Å². The number of β-amino-alcohol motifs (C(OH)–C–C–N with tert-alkyl or cyclic N) is 1. The minimum atomic E-state index is -3.52. The quantitative estimate of drug-likeness (QED) is 0.772. The van der Waals surface area contributed by atoms with Crippen molar-refractivity contribution in [1.82, 2.24) is 4.31 Å². The first-order chi connectivity index (χ1) is 7.87. The van der Waals surface area contributed by atoms with Gasteiger partial charge in [-0.15, -0.1) is 6.42 Å². The smallest absolute Gasteiger partial charge is 0.243 e. The monoisotopic (exact) mass is 251 g/mol. The van der Waals surface area contributed by atoms with Crippen LogP contribution in [0.4, 0.5) is 0 Å². The molecule has 0 aliphatic carbocycles. The van der Waals surface area contributed by atoms with E-state index < -0.39 is 15.6 Å². The first-order valence-electron chi connectivity index (χ1n) is 5.14. The van der Waals surface area contributed by atoms with Gasteiger partial charge in [0.25, 0.3) is 0 Å². The van der Waals surface area contributed by atoms with E-state index in [0.29, 0.717) is 0 Å². The Kier molecular flexibility index (Phi) is 2.74. The van der Waals surface area contributed by atoms with E-state index in [-0.39, 0.29) is 18.0 Å². The van der Waals surface area contributed by atoms with E-state index >= 15 is 0 Å². The molecule has 1 heterocycles. The van der Waals surface area contributed by atoms with Crippen molar-refractivity contribution in [2.45, 2.75) is 17.4 Å². The molecule has 0 unspecified atom stereocenters. The average molecular weight is 251 g/mol. The van der Waals surface area contributed by atoms with Gasteiger partial charge in [0.05, 0.1) is 18.0 Å². The fourth-order valence-corrected chi connectivity index (χ4v) is 3.20. The molecule has 0 saturated carbocycles. The zero-order valence-electron chi connectivity index (χ0n) is 9.42. The lowest BCUT2D eigenvalue weighted by Crippen LogP contribution is -2.62. The number of sulfonamides is 1. The number of hydrogen-bond acceptors (Lipinski definition) is 3. The largest absolute Gasteiger partial charge is 0.375 e. The Morgan fingerprint density at radius 1 is 1.35 bits per heavy atom. The number of hydrogen-bond donors (Lipinski definition) is 1. The van der Waals surface area contributed by atoms with Crippen molar-refractivity contribution in [3.63, 3.8) is 0 Å². The van der Waals surface area contributed by atoms with Crippen molar-refractivity contribution in [1.29, 1.82) is 0 Å². The number of terminal acetylenes is 1. The molecule has 1 aromatic rings. The second-order valence-electron chi connectivity index (χ2n) is 4.26. The SMILES string of the molecule is C#CC1(O)CN(S(=O)(=O)c2ccc(C)cc2)C1. The van der Waals surface area contributed by atoms with Gasteiger partial charge in [0.15, 0.2) is 5.60 Å². The van der Waals surface area contributed by atoms with Gasteiger partial charge in [0, 0.05) is 0 Å². The van der Waals surface area contributed by atoms with Crippen LogP contribution in [0, 0.1) is 19.3 Å². The maximum Gasteiger partial charge on any atom is 0.243 e. The van der Waals surface area contributed by atoms with Crippen LogP contribution in [0.25, 0.3) is 0 Å². The van der Waals surface area contributed by atoms with E-state index in [1.54, 1.807) is 24.3 Å². The third kappa shape index (κ3) is 2.07. The number of aliphatic hydroxyl groups is 1. The molecule has 1 N–H and O–H groups in total. The molecule has 1 aliphatic rings. The predicted molar refractivity (Wildman–Crippen MR) is 63.7 cm³/mol. The summed E-state index contributed by atoms with van der Waals surface area (Å²) in [4.78, 5) is 0.224. The molecule has 5 heteroatoms.